The van der Waals surface area contributed by atoms with Gasteiger partial charge in [0.1, 0.15) is 5.75 Å². The monoisotopic (exact) mass is 235 g/mol. The molecule has 3 nitrogen and oxygen atoms in total. The van der Waals surface area contributed by atoms with Gasteiger partial charge in [-0.2, -0.15) is 0 Å². The minimum Gasteiger partial charge on any atom is -0.493 e. The fraction of sp³-hybridized carbons (Fsp3) is 0.571. The van der Waals surface area contributed by atoms with Crippen LogP contribution in [0.3, 0.4) is 0 Å². The van der Waals surface area contributed by atoms with Gasteiger partial charge in [0.2, 0.25) is 0 Å². The third-order valence-electron chi connectivity index (χ3n) is 3.33. The lowest BCUT2D eigenvalue weighted by Crippen LogP contribution is -2.28. The van der Waals surface area contributed by atoms with E-state index in [1.807, 2.05) is 0 Å². The number of rotatable bonds is 5. The predicted octanol–water partition coefficient (Wildman–Crippen LogP) is 2.31. The number of fused-ring (bicyclic) bond motifs is 1. The van der Waals surface area contributed by atoms with Gasteiger partial charge in [-0.15, -0.1) is 0 Å². The van der Waals surface area contributed by atoms with Gasteiger partial charge in [-0.1, -0.05) is 12.1 Å². The molecule has 0 fully saturated rings. The molecule has 1 N–H and O–H groups in total. The van der Waals surface area contributed by atoms with Crippen molar-refractivity contribution in [1.29, 1.82) is 0 Å². The molecule has 94 valence electrons. The molecule has 0 spiro atoms. The van der Waals surface area contributed by atoms with E-state index in [-0.39, 0.29) is 6.10 Å². The lowest BCUT2D eigenvalue weighted by molar-refractivity contribution is 0.115. The molecule has 3 heteroatoms. The van der Waals surface area contributed by atoms with Crippen LogP contribution in [0.25, 0.3) is 0 Å². The van der Waals surface area contributed by atoms with E-state index in [0.29, 0.717) is 6.04 Å². The van der Waals surface area contributed by atoms with E-state index in [9.17, 15) is 0 Å². The van der Waals surface area contributed by atoms with Gasteiger partial charge in [0.25, 0.3) is 0 Å². The summed E-state index contributed by atoms with van der Waals surface area (Å²) in [6.07, 6.45) is 1.28. The molecule has 0 amide bonds. The first-order valence-corrected chi connectivity index (χ1v) is 6.22. The Labute approximate surface area is 103 Å². The van der Waals surface area contributed by atoms with Crippen LogP contribution in [0.1, 0.15) is 31.0 Å². The van der Waals surface area contributed by atoms with E-state index < -0.39 is 0 Å². The summed E-state index contributed by atoms with van der Waals surface area (Å²) in [5.41, 5.74) is 2.65. The maximum Gasteiger partial charge on any atom is 0.122 e. The summed E-state index contributed by atoms with van der Waals surface area (Å²) in [6, 6.07) is 6.81. The van der Waals surface area contributed by atoms with Crippen LogP contribution in [0.2, 0.25) is 0 Å². The second kappa shape index (κ2) is 5.52. The molecule has 1 aliphatic heterocycles. The van der Waals surface area contributed by atoms with Crippen LogP contribution >= 0.6 is 0 Å². The van der Waals surface area contributed by atoms with Gasteiger partial charge in [-0.3, -0.25) is 0 Å². The normalized spacial score (nSPS) is 17.4. The zero-order valence-electron chi connectivity index (χ0n) is 10.8. The number of benzene rings is 1. The van der Waals surface area contributed by atoms with Crippen LogP contribution in [0.15, 0.2) is 18.2 Å². The molecule has 0 aliphatic carbocycles. The summed E-state index contributed by atoms with van der Waals surface area (Å²) in [5, 5.41) is 3.47. The first-order chi connectivity index (χ1) is 8.20. The van der Waals surface area contributed by atoms with E-state index in [2.05, 4.69) is 37.4 Å². The fourth-order valence-electron chi connectivity index (χ4n) is 2.02. The summed E-state index contributed by atoms with van der Waals surface area (Å²) in [6.45, 7) is 5.93. The fourth-order valence-corrected chi connectivity index (χ4v) is 2.02. The van der Waals surface area contributed by atoms with E-state index >= 15 is 0 Å². The smallest absolute Gasteiger partial charge is 0.122 e. The molecule has 17 heavy (non-hydrogen) atoms. The maximum atomic E-state index is 5.51. The molecule has 0 saturated heterocycles. The summed E-state index contributed by atoms with van der Waals surface area (Å²) in [5.74, 6) is 1.05. The Bertz CT molecular complexity index is 378. The standard InChI is InChI=1S/C14H21NO2/c1-10(16-3)9-15-11(2)12-4-5-14-13(8-12)6-7-17-14/h4-5,8,10-11,15H,6-7,9H2,1-3H3. The molecular weight excluding hydrogens is 214 g/mol. The Morgan fingerprint density at radius 2 is 2.24 bits per heavy atom. The summed E-state index contributed by atoms with van der Waals surface area (Å²) >= 11 is 0. The highest BCUT2D eigenvalue weighted by Crippen LogP contribution is 2.27. The van der Waals surface area contributed by atoms with E-state index in [1.54, 1.807) is 7.11 Å². The highest BCUT2D eigenvalue weighted by atomic mass is 16.5. The van der Waals surface area contributed by atoms with Crippen LogP contribution in [-0.2, 0) is 11.2 Å². The Kier molecular flexibility index (Phi) is 4.02. The van der Waals surface area contributed by atoms with Crippen molar-refractivity contribution >= 4 is 0 Å². The number of hydrogen-bond acceptors (Lipinski definition) is 3. The molecule has 2 atom stereocenters. The van der Waals surface area contributed by atoms with Crippen molar-refractivity contribution in [3.8, 4) is 5.75 Å². The molecule has 0 saturated carbocycles. The highest BCUT2D eigenvalue weighted by Gasteiger charge is 2.14. The predicted molar refractivity (Wildman–Crippen MR) is 68.5 cm³/mol. The van der Waals surface area contributed by atoms with Crippen LogP contribution in [0.4, 0.5) is 0 Å². The highest BCUT2D eigenvalue weighted by molar-refractivity contribution is 5.40. The van der Waals surface area contributed by atoms with Gasteiger partial charge in [0.15, 0.2) is 0 Å². The molecule has 2 unspecified atom stereocenters. The molecule has 1 aliphatic rings. The third-order valence-corrected chi connectivity index (χ3v) is 3.33. The van der Waals surface area contributed by atoms with Gasteiger partial charge < -0.3 is 14.8 Å². The first-order valence-electron chi connectivity index (χ1n) is 6.22. The van der Waals surface area contributed by atoms with Gasteiger partial charge >= 0.3 is 0 Å². The quantitative estimate of drug-likeness (QED) is 0.849. The Morgan fingerprint density at radius 1 is 1.41 bits per heavy atom. The van der Waals surface area contributed by atoms with Crippen molar-refractivity contribution in [2.24, 2.45) is 0 Å². The van der Waals surface area contributed by atoms with Crippen molar-refractivity contribution in [3.05, 3.63) is 29.3 Å². The molecule has 0 radical (unpaired) electrons. The van der Waals surface area contributed by atoms with E-state index in [0.717, 1.165) is 25.3 Å². The van der Waals surface area contributed by atoms with Gasteiger partial charge in [0, 0.05) is 26.1 Å². The lowest BCUT2D eigenvalue weighted by Gasteiger charge is -2.17. The number of nitrogens with one attached hydrogen (secondary N) is 1. The summed E-state index contributed by atoms with van der Waals surface area (Å²) in [4.78, 5) is 0. The molecule has 1 aromatic rings. The molecule has 1 aromatic carbocycles. The molecule has 0 bridgehead atoms. The largest absolute Gasteiger partial charge is 0.493 e. The van der Waals surface area contributed by atoms with Gasteiger partial charge in [-0.25, -0.2) is 0 Å². The SMILES string of the molecule is COC(C)CNC(C)c1ccc2c(c1)CCO2. The van der Waals surface area contributed by atoms with Crippen molar-refractivity contribution in [3.63, 3.8) is 0 Å². The Morgan fingerprint density at radius 3 is 3.00 bits per heavy atom. The average Bonchev–Trinajstić information content (AvgIpc) is 2.82. The minimum atomic E-state index is 0.246. The molecular formula is C14H21NO2. The number of ether oxygens (including phenoxy) is 2. The van der Waals surface area contributed by atoms with E-state index in [4.69, 9.17) is 9.47 Å². The van der Waals surface area contributed by atoms with Crippen LogP contribution in [0.5, 0.6) is 5.75 Å². The van der Waals surface area contributed by atoms with Crippen LogP contribution in [-0.4, -0.2) is 26.4 Å². The topological polar surface area (TPSA) is 30.5 Å². The maximum absolute atomic E-state index is 5.51. The molecule has 2 rings (SSSR count). The van der Waals surface area contributed by atoms with Crippen molar-refractivity contribution < 1.29 is 9.47 Å². The second-order valence-corrected chi connectivity index (χ2v) is 4.64. The Hall–Kier alpha value is -1.06. The lowest BCUT2D eigenvalue weighted by atomic mass is 10.0. The number of methoxy groups -OCH3 is 1. The second-order valence-electron chi connectivity index (χ2n) is 4.64. The van der Waals surface area contributed by atoms with Crippen molar-refractivity contribution in [1.82, 2.24) is 5.32 Å². The number of hydrogen-bond donors (Lipinski definition) is 1. The van der Waals surface area contributed by atoms with E-state index in [1.165, 1.54) is 11.1 Å². The summed E-state index contributed by atoms with van der Waals surface area (Å²) < 4.78 is 10.7. The van der Waals surface area contributed by atoms with Crippen LogP contribution < -0.4 is 10.1 Å². The Balaban J connectivity index is 1.97. The molecule has 0 aromatic heterocycles. The average molecular weight is 235 g/mol. The van der Waals surface area contributed by atoms with Crippen LogP contribution in [0, 0.1) is 0 Å². The third kappa shape index (κ3) is 2.99. The van der Waals surface area contributed by atoms with Gasteiger partial charge in [-0.05, 0) is 31.0 Å². The first kappa shape index (κ1) is 12.4. The van der Waals surface area contributed by atoms with Crippen molar-refractivity contribution in [2.45, 2.75) is 32.4 Å². The van der Waals surface area contributed by atoms with Crippen molar-refractivity contribution in [2.75, 3.05) is 20.3 Å². The zero-order chi connectivity index (χ0) is 12.3. The molecule has 1 heterocycles. The van der Waals surface area contributed by atoms with Gasteiger partial charge in [0.05, 0.1) is 12.7 Å². The zero-order valence-corrected chi connectivity index (χ0v) is 10.8. The minimum absolute atomic E-state index is 0.246. The summed E-state index contributed by atoms with van der Waals surface area (Å²) in [7, 11) is 1.74.